The fourth-order valence-electron chi connectivity index (χ4n) is 2.08. The summed E-state index contributed by atoms with van der Waals surface area (Å²) < 4.78 is 6.28. The summed E-state index contributed by atoms with van der Waals surface area (Å²) in [4.78, 5) is 16.3. The van der Waals surface area contributed by atoms with Crippen LogP contribution in [0.1, 0.15) is 11.5 Å². The number of anilines is 1. The second-order valence-electron chi connectivity index (χ2n) is 4.25. The number of aromatic nitrogens is 1. The van der Waals surface area contributed by atoms with Crippen molar-refractivity contribution in [3.05, 3.63) is 52.8 Å². The zero-order valence-electron chi connectivity index (χ0n) is 9.97. The van der Waals surface area contributed by atoms with Gasteiger partial charge in [-0.05, 0) is 28.1 Å². The van der Waals surface area contributed by atoms with E-state index >= 15 is 0 Å². The van der Waals surface area contributed by atoms with Gasteiger partial charge >= 0.3 is 0 Å². The Labute approximate surface area is 118 Å². The van der Waals surface area contributed by atoms with E-state index in [1.54, 1.807) is 18.5 Å². The molecular weight excluding hydrogens is 308 g/mol. The lowest BCUT2D eigenvalue weighted by Gasteiger charge is -2.11. The number of amides is 1. The van der Waals surface area contributed by atoms with Crippen LogP contribution < -0.4 is 10.1 Å². The van der Waals surface area contributed by atoms with E-state index in [2.05, 4.69) is 26.2 Å². The molecule has 1 aromatic carbocycles. The third kappa shape index (κ3) is 2.33. The fraction of sp³-hybridized carbons (Fsp3) is 0.143. The van der Waals surface area contributed by atoms with Crippen LogP contribution in [0.4, 0.5) is 5.69 Å². The minimum atomic E-state index is -0.267. The first kappa shape index (κ1) is 12.2. The number of carbonyl (C=O) groups is 1. The Bertz CT molecular complexity index is 630. The number of pyridine rings is 1. The lowest BCUT2D eigenvalue weighted by atomic mass is 10.0. The number of hydrogen-bond acceptors (Lipinski definition) is 3. The molecule has 0 fully saturated rings. The molecule has 2 heterocycles. The van der Waals surface area contributed by atoms with Gasteiger partial charge < -0.3 is 10.1 Å². The Hall–Kier alpha value is -1.88. The molecule has 0 bridgehead atoms. The zero-order chi connectivity index (χ0) is 13.2. The molecule has 1 unspecified atom stereocenters. The van der Waals surface area contributed by atoms with Crippen molar-refractivity contribution in [3.63, 3.8) is 0 Å². The van der Waals surface area contributed by atoms with E-state index in [1.807, 2.05) is 24.3 Å². The number of halogens is 1. The van der Waals surface area contributed by atoms with E-state index in [-0.39, 0.29) is 11.8 Å². The zero-order valence-corrected chi connectivity index (χ0v) is 11.6. The average Bonchev–Trinajstić information content (AvgIpc) is 2.85. The van der Waals surface area contributed by atoms with E-state index < -0.39 is 0 Å². The summed E-state index contributed by atoms with van der Waals surface area (Å²) in [6.07, 6.45) is 3.29. The largest absolute Gasteiger partial charge is 0.492 e. The van der Waals surface area contributed by atoms with Crippen molar-refractivity contribution in [2.45, 2.75) is 5.92 Å². The Kier molecular flexibility index (Phi) is 3.21. The van der Waals surface area contributed by atoms with Crippen molar-refractivity contribution < 1.29 is 9.53 Å². The van der Waals surface area contributed by atoms with Crippen LogP contribution in [-0.4, -0.2) is 17.5 Å². The molecule has 2 aromatic rings. The predicted octanol–water partition coefficient (Wildman–Crippen LogP) is 2.96. The Morgan fingerprint density at radius 3 is 3.05 bits per heavy atom. The van der Waals surface area contributed by atoms with Crippen LogP contribution >= 0.6 is 15.9 Å². The van der Waals surface area contributed by atoms with Crippen molar-refractivity contribution in [1.29, 1.82) is 0 Å². The molecule has 4 nitrogen and oxygen atoms in total. The normalized spacial score (nSPS) is 16.6. The van der Waals surface area contributed by atoms with E-state index in [0.29, 0.717) is 12.3 Å². The van der Waals surface area contributed by atoms with Crippen LogP contribution in [0, 0.1) is 0 Å². The highest BCUT2D eigenvalue weighted by Gasteiger charge is 2.30. The molecule has 1 atom stereocenters. The lowest BCUT2D eigenvalue weighted by Crippen LogP contribution is -2.22. The quantitative estimate of drug-likeness (QED) is 0.926. The van der Waals surface area contributed by atoms with Gasteiger partial charge in [0, 0.05) is 18.0 Å². The molecule has 0 radical (unpaired) electrons. The van der Waals surface area contributed by atoms with Gasteiger partial charge in [0.05, 0.1) is 10.2 Å². The molecule has 0 saturated heterocycles. The van der Waals surface area contributed by atoms with Gasteiger partial charge in [-0.1, -0.05) is 18.2 Å². The lowest BCUT2D eigenvalue weighted by molar-refractivity contribution is -0.117. The van der Waals surface area contributed by atoms with Crippen molar-refractivity contribution >= 4 is 27.5 Å². The van der Waals surface area contributed by atoms with Gasteiger partial charge in [0.25, 0.3) is 0 Å². The minimum Gasteiger partial charge on any atom is -0.492 e. The molecule has 1 aliphatic heterocycles. The van der Waals surface area contributed by atoms with Gasteiger partial charge in [-0.2, -0.15) is 0 Å². The van der Waals surface area contributed by atoms with Crippen LogP contribution in [0.25, 0.3) is 0 Å². The fourth-order valence-corrected chi connectivity index (χ4v) is 2.43. The maximum absolute atomic E-state index is 12.3. The smallest absolute Gasteiger partial charge is 0.235 e. The maximum atomic E-state index is 12.3. The summed E-state index contributed by atoms with van der Waals surface area (Å²) in [7, 11) is 0. The molecule has 0 spiro atoms. The average molecular weight is 319 g/mol. The second-order valence-corrected chi connectivity index (χ2v) is 5.10. The summed E-state index contributed by atoms with van der Waals surface area (Å²) >= 11 is 3.36. The molecule has 5 heteroatoms. The van der Waals surface area contributed by atoms with Crippen molar-refractivity contribution in [2.24, 2.45) is 0 Å². The van der Waals surface area contributed by atoms with Gasteiger partial charge in [0.15, 0.2) is 0 Å². The first-order valence-electron chi connectivity index (χ1n) is 5.88. The topological polar surface area (TPSA) is 51.2 Å². The molecular formula is C14H11BrN2O2. The molecule has 0 saturated carbocycles. The number of nitrogens with zero attached hydrogens (tertiary/aromatic N) is 1. The Morgan fingerprint density at radius 1 is 1.37 bits per heavy atom. The third-order valence-corrected chi connectivity index (χ3v) is 3.68. The molecule has 19 heavy (non-hydrogen) atoms. The van der Waals surface area contributed by atoms with E-state index in [1.165, 1.54) is 0 Å². The highest BCUT2D eigenvalue weighted by molar-refractivity contribution is 9.10. The van der Waals surface area contributed by atoms with Gasteiger partial charge in [0.2, 0.25) is 5.91 Å². The van der Waals surface area contributed by atoms with Crippen molar-refractivity contribution in [1.82, 2.24) is 4.98 Å². The number of para-hydroxylation sites is 1. The van der Waals surface area contributed by atoms with Crippen LogP contribution in [-0.2, 0) is 4.79 Å². The van der Waals surface area contributed by atoms with E-state index in [9.17, 15) is 4.79 Å². The summed E-state index contributed by atoms with van der Waals surface area (Å²) in [5, 5.41) is 2.89. The molecule has 96 valence electrons. The van der Waals surface area contributed by atoms with E-state index in [0.717, 1.165) is 15.8 Å². The van der Waals surface area contributed by atoms with Gasteiger partial charge in [-0.25, -0.2) is 0 Å². The highest BCUT2D eigenvalue weighted by atomic mass is 79.9. The van der Waals surface area contributed by atoms with Crippen LogP contribution in [0.2, 0.25) is 0 Å². The van der Waals surface area contributed by atoms with Crippen LogP contribution in [0.3, 0.4) is 0 Å². The molecule has 3 rings (SSSR count). The van der Waals surface area contributed by atoms with Crippen LogP contribution in [0.5, 0.6) is 5.75 Å². The van der Waals surface area contributed by atoms with Crippen molar-refractivity contribution in [3.8, 4) is 5.75 Å². The number of hydrogen-bond donors (Lipinski definition) is 1. The molecule has 0 aliphatic carbocycles. The number of benzene rings is 1. The summed E-state index contributed by atoms with van der Waals surface area (Å²) in [6.45, 7) is 0.383. The highest BCUT2D eigenvalue weighted by Crippen LogP contribution is 2.34. The van der Waals surface area contributed by atoms with Gasteiger partial charge in [-0.3, -0.25) is 9.78 Å². The number of carbonyl (C=O) groups excluding carboxylic acids is 1. The number of fused-ring (bicyclic) bond motifs is 1. The second kappa shape index (κ2) is 5.01. The summed E-state index contributed by atoms with van der Waals surface area (Å²) in [5.74, 6) is 0.449. The first-order chi connectivity index (χ1) is 9.25. The standard InChI is InChI=1S/C14H11BrN2O2/c15-11-7-16-6-5-12(11)17-14(18)10-8-19-13-4-2-1-3-9(10)13/h1-7,10H,8H2,(H,16,17,18). The van der Waals surface area contributed by atoms with Crippen LogP contribution in [0.15, 0.2) is 47.2 Å². The molecule has 1 amide bonds. The van der Waals surface area contributed by atoms with Gasteiger partial charge in [-0.15, -0.1) is 0 Å². The number of nitrogens with one attached hydrogen (secondary N) is 1. The Morgan fingerprint density at radius 2 is 2.21 bits per heavy atom. The SMILES string of the molecule is O=C(Nc1ccncc1Br)C1COc2ccccc21. The summed E-state index contributed by atoms with van der Waals surface area (Å²) in [6, 6.07) is 9.37. The number of ether oxygens (including phenoxy) is 1. The van der Waals surface area contributed by atoms with Crippen molar-refractivity contribution in [2.75, 3.05) is 11.9 Å². The monoisotopic (exact) mass is 318 g/mol. The number of rotatable bonds is 2. The first-order valence-corrected chi connectivity index (χ1v) is 6.67. The Balaban J connectivity index is 1.81. The minimum absolute atomic E-state index is 0.0724. The molecule has 1 aromatic heterocycles. The van der Waals surface area contributed by atoms with Gasteiger partial charge in [0.1, 0.15) is 18.3 Å². The van der Waals surface area contributed by atoms with E-state index in [4.69, 9.17) is 4.74 Å². The third-order valence-electron chi connectivity index (χ3n) is 3.05. The summed E-state index contributed by atoms with van der Waals surface area (Å²) in [5.41, 5.74) is 1.65. The predicted molar refractivity (Wildman–Crippen MR) is 75.2 cm³/mol. The maximum Gasteiger partial charge on any atom is 0.235 e. The molecule has 1 N–H and O–H groups in total. The molecule has 1 aliphatic rings.